The van der Waals surface area contributed by atoms with Crippen LogP contribution >= 0.6 is 0 Å². The molecule has 2 fully saturated rings. The van der Waals surface area contributed by atoms with E-state index in [0.29, 0.717) is 26.2 Å². The Kier molecular flexibility index (Phi) is 4.48. The fraction of sp³-hybridized carbons (Fsp3) is 0.769. The summed E-state index contributed by atoms with van der Waals surface area (Å²) in [6.07, 6.45) is 0. The molecule has 0 radical (unpaired) electrons. The van der Waals surface area contributed by atoms with Crippen LogP contribution in [-0.4, -0.2) is 79.0 Å². The van der Waals surface area contributed by atoms with Crippen LogP contribution in [0.15, 0.2) is 0 Å². The number of imide groups is 1. The van der Waals surface area contributed by atoms with Crippen LogP contribution in [0.25, 0.3) is 0 Å². The smallest absolute Gasteiger partial charge is 0.325 e. The average molecular weight is 297 g/mol. The van der Waals surface area contributed by atoms with E-state index < -0.39 is 5.54 Å². The standard InChI is InChI=1S/C13H23N5O3/c1-13(2)11(20)18(12(21)16-13)7-6-17-5-4-15-8-9(17)10(19)14-3/h9,15H,4-8H2,1-3H3,(H,14,19)(H,16,21). The first-order valence-corrected chi connectivity index (χ1v) is 7.17. The van der Waals surface area contributed by atoms with E-state index >= 15 is 0 Å². The molecule has 2 aliphatic rings. The minimum Gasteiger partial charge on any atom is -0.358 e. The third kappa shape index (κ3) is 3.16. The zero-order valence-electron chi connectivity index (χ0n) is 12.7. The second-order valence-electron chi connectivity index (χ2n) is 5.88. The van der Waals surface area contributed by atoms with Gasteiger partial charge in [0.2, 0.25) is 5.91 Å². The van der Waals surface area contributed by atoms with Gasteiger partial charge in [-0.1, -0.05) is 0 Å². The van der Waals surface area contributed by atoms with E-state index in [-0.39, 0.29) is 23.9 Å². The number of nitrogens with zero attached hydrogens (tertiary/aromatic N) is 2. The summed E-state index contributed by atoms with van der Waals surface area (Å²) < 4.78 is 0. The summed E-state index contributed by atoms with van der Waals surface area (Å²) >= 11 is 0. The van der Waals surface area contributed by atoms with Crippen LogP contribution in [0.1, 0.15) is 13.8 Å². The normalized spacial score (nSPS) is 25.9. The van der Waals surface area contributed by atoms with Gasteiger partial charge in [-0.15, -0.1) is 0 Å². The first kappa shape index (κ1) is 15.7. The molecule has 1 atom stereocenters. The Hall–Kier alpha value is -1.67. The summed E-state index contributed by atoms with van der Waals surface area (Å²) in [6.45, 7) is 6.24. The number of piperazine rings is 1. The van der Waals surface area contributed by atoms with Crippen LogP contribution in [0, 0.1) is 0 Å². The molecular formula is C13H23N5O3. The maximum absolute atomic E-state index is 12.1. The summed E-state index contributed by atoms with van der Waals surface area (Å²) in [5, 5.41) is 8.47. The number of hydrogen-bond acceptors (Lipinski definition) is 5. The molecule has 2 rings (SSSR count). The van der Waals surface area contributed by atoms with E-state index in [4.69, 9.17) is 0 Å². The van der Waals surface area contributed by atoms with E-state index in [9.17, 15) is 14.4 Å². The maximum atomic E-state index is 12.1. The maximum Gasteiger partial charge on any atom is 0.325 e. The Labute approximate surface area is 124 Å². The molecular weight excluding hydrogens is 274 g/mol. The largest absolute Gasteiger partial charge is 0.358 e. The Balaban J connectivity index is 1.96. The number of amides is 4. The summed E-state index contributed by atoms with van der Waals surface area (Å²) in [4.78, 5) is 39.0. The first-order valence-electron chi connectivity index (χ1n) is 7.17. The highest BCUT2D eigenvalue weighted by molar-refractivity contribution is 6.06. The lowest BCUT2D eigenvalue weighted by Gasteiger charge is -2.35. The van der Waals surface area contributed by atoms with Crippen molar-refractivity contribution in [3.05, 3.63) is 0 Å². The van der Waals surface area contributed by atoms with Gasteiger partial charge in [-0.3, -0.25) is 19.4 Å². The van der Waals surface area contributed by atoms with Gasteiger partial charge in [0.1, 0.15) is 11.6 Å². The summed E-state index contributed by atoms with van der Waals surface area (Å²) in [5.74, 6) is -0.279. The quantitative estimate of drug-likeness (QED) is 0.540. The topological polar surface area (TPSA) is 93.8 Å². The lowest BCUT2D eigenvalue weighted by molar-refractivity contribution is -0.130. The van der Waals surface area contributed by atoms with Crippen molar-refractivity contribution in [3.63, 3.8) is 0 Å². The van der Waals surface area contributed by atoms with Crippen molar-refractivity contribution >= 4 is 17.8 Å². The molecule has 118 valence electrons. The molecule has 0 aromatic heterocycles. The molecule has 4 amide bonds. The molecule has 2 aliphatic heterocycles. The molecule has 0 saturated carbocycles. The van der Waals surface area contributed by atoms with Gasteiger partial charge in [-0.25, -0.2) is 4.79 Å². The summed E-state index contributed by atoms with van der Waals surface area (Å²) in [7, 11) is 1.61. The Morgan fingerprint density at radius 3 is 2.67 bits per heavy atom. The van der Waals surface area contributed by atoms with Crippen LogP contribution in [0.2, 0.25) is 0 Å². The van der Waals surface area contributed by atoms with Crippen molar-refractivity contribution in [2.24, 2.45) is 0 Å². The molecule has 0 bridgehead atoms. The summed E-state index contributed by atoms with van der Waals surface area (Å²) in [5.41, 5.74) is -0.846. The predicted octanol–water partition coefficient (Wildman–Crippen LogP) is -1.66. The molecule has 0 spiro atoms. The zero-order chi connectivity index (χ0) is 15.6. The molecule has 3 N–H and O–H groups in total. The van der Waals surface area contributed by atoms with Gasteiger partial charge in [0.05, 0.1) is 0 Å². The molecule has 0 aromatic carbocycles. The van der Waals surface area contributed by atoms with E-state index in [1.54, 1.807) is 20.9 Å². The SMILES string of the molecule is CNC(=O)C1CNCCN1CCN1C(=O)NC(C)(C)C1=O. The number of urea groups is 1. The van der Waals surface area contributed by atoms with Gasteiger partial charge < -0.3 is 16.0 Å². The van der Waals surface area contributed by atoms with Crippen molar-refractivity contribution in [3.8, 4) is 0 Å². The van der Waals surface area contributed by atoms with Gasteiger partial charge in [-0.05, 0) is 13.8 Å². The number of likely N-dealkylation sites (N-methyl/N-ethyl adjacent to an activating group) is 1. The average Bonchev–Trinajstić information content (AvgIpc) is 2.65. The molecule has 0 aromatic rings. The molecule has 8 heteroatoms. The number of carbonyl (C=O) groups excluding carboxylic acids is 3. The Morgan fingerprint density at radius 2 is 2.10 bits per heavy atom. The lowest BCUT2D eigenvalue weighted by Crippen LogP contribution is -2.58. The monoisotopic (exact) mass is 297 g/mol. The zero-order valence-corrected chi connectivity index (χ0v) is 12.7. The lowest BCUT2D eigenvalue weighted by atomic mass is 10.1. The first-order chi connectivity index (χ1) is 9.86. The van der Waals surface area contributed by atoms with Crippen LogP contribution in [0.5, 0.6) is 0 Å². The highest BCUT2D eigenvalue weighted by Crippen LogP contribution is 2.16. The molecule has 1 unspecified atom stereocenters. The highest BCUT2D eigenvalue weighted by atomic mass is 16.2. The van der Waals surface area contributed by atoms with E-state index in [2.05, 4.69) is 16.0 Å². The third-order valence-corrected chi connectivity index (χ3v) is 3.96. The summed E-state index contributed by atoms with van der Waals surface area (Å²) in [6, 6.07) is -0.630. The van der Waals surface area contributed by atoms with Gasteiger partial charge in [0.15, 0.2) is 0 Å². The van der Waals surface area contributed by atoms with Crippen molar-refractivity contribution in [1.29, 1.82) is 0 Å². The fourth-order valence-corrected chi connectivity index (χ4v) is 2.69. The second kappa shape index (κ2) is 5.98. The number of nitrogens with one attached hydrogen (secondary N) is 3. The number of rotatable bonds is 4. The Morgan fingerprint density at radius 1 is 1.38 bits per heavy atom. The van der Waals surface area contributed by atoms with E-state index in [1.807, 2.05) is 4.90 Å². The molecule has 2 saturated heterocycles. The molecule has 8 nitrogen and oxygen atoms in total. The van der Waals surface area contributed by atoms with E-state index in [0.717, 1.165) is 6.54 Å². The minimum atomic E-state index is -0.846. The highest BCUT2D eigenvalue weighted by Gasteiger charge is 2.44. The van der Waals surface area contributed by atoms with Gasteiger partial charge in [0.25, 0.3) is 5.91 Å². The molecule has 2 heterocycles. The molecule has 0 aliphatic carbocycles. The van der Waals surface area contributed by atoms with Gasteiger partial charge in [0, 0.05) is 39.8 Å². The minimum absolute atomic E-state index is 0.0558. The number of carbonyl (C=O) groups is 3. The van der Waals surface area contributed by atoms with Gasteiger partial charge >= 0.3 is 6.03 Å². The van der Waals surface area contributed by atoms with E-state index in [1.165, 1.54) is 4.90 Å². The third-order valence-electron chi connectivity index (χ3n) is 3.96. The van der Waals surface area contributed by atoms with Crippen LogP contribution in [0.4, 0.5) is 4.79 Å². The fourth-order valence-electron chi connectivity index (χ4n) is 2.69. The van der Waals surface area contributed by atoms with Crippen molar-refractivity contribution in [1.82, 2.24) is 25.8 Å². The van der Waals surface area contributed by atoms with Crippen molar-refractivity contribution < 1.29 is 14.4 Å². The number of hydrogen-bond donors (Lipinski definition) is 3. The predicted molar refractivity (Wildman–Crippen MR) is 76.6 cm³/mol. The Bertz CT molecular complexity index is 451. The van der Waals surface area contributed by atoms with Gasteiger partial charge in [-0.2, -0.15) is 0 Å². The second-order valence-corrected chi connectivity index (χ2v) is 5.88. The van der Waals surface area contributed by atoms with Crippen molar-refractivity contribution in [2.75, 3.05) is 39.8 Å². The van der Waals surface area contributed by atoms with Crippen molar-refractivity contribution in [2.45, 2.75) is 25.4 Å². The van der Waals surface area contributed by atoms with Crippen LogP contribution in [-0.2, 0) is 9.59 Å². The van der Waals surface area contributed by atoms with Crippen LogP contribution in [0.3, 0.4) is 0 Å². The van der Waals surface area contributed by atoms with Crippen LogP contribution < -0.4 is 16.0 Å². The molecule has 21 heavy (non-hydrogen) atoms.